The number of nitrogens with zero attached hydrogens (tertiary/aromatic N) is 3. The van der Waals surface area contributed by atoms with E-state index in [1.165, 1.54) is 27.8 Å². The van der Waals surface area contributed by atoms with Gasteiger partial charge in [-0.3, -0.25) is 14.7 Å². The Morgan fingerprint density at radius 3 is 0.895 bits per heavy atom. The first-order valence-corrected chi connectivity index (χ1v) is 21.9. The molecule has 318 valence electrons. The summed E-state index contributed by atoms with van der Waals surface area (Å²) in [5.41, 5.74) is 8.95. The monoisotopic (exact) mass is 797 g/mol. The molecule has 0 aliphatic carbocycles. The molecule has 57 heavy (non-hydrogen) atoms. The maximum Gasteiger partial charge on any atom is 0.0228 e. The fourth-order valence-electron chi connectivity index (χ4n) is 7.77. The van der Waals surface area contributed by atoms with Crippen molar-refractivity contribution >= 4 is 12.6 Å². The molecular weight excluding hydrogens is 719 g/mol. The van der Waals surface area contributed by atoms with E-state index in [0.717, 1.165) is 73.0 Å². The molecule has 0 amide bonds. The Balaban J connectivity index is 1.80. The summed E-state index contributed by atoms with van der Waals surface area (Å²) >= 11 is 6.28. The molecule has 0 spiro atoms. The molecule has 0 saturated carbocycles. The molecular formula is C51H78N3O2S-3. The Bertz CT molecular complexity index is 1640. The lowest BCUT2D eigenvalue weighted by molar-refractivity contribution is -0.272. The van der Waals surface area contributed by atoms with Crippen molar-refractivity contribution in [2.75, 3.05) is 39.3 Å². The van der Waals surface area contributed by atoms with E-state index in [2.05, 4.69) is 176 Å². The molecule has 0 bridgehead atoms. The molecule has 1 heterocycles. The fraction of sp³-hybridized carbons (Fsp3) is 0.647. The summed E-state index contributed by atoms with van der Waals surface area (Å²) in [6, 6.07) is 13.3. The minimum Gasteiger partial charge on any atom is -0.872 e. The zero-order chi connectivity index (χ0) is 43.3. The van der Waals surface area contributed by atoms with Crippen LogP contribution in [-0.4, -0.2) is 54.0 Å². The quantitative estimate of drug-likeness (QED) is 0.232. The highest BCUT2D eigenvalue weighted by molar-refractivity contribution is 7.59. The molecule has 1 aliphatic heterocycles. The van der Waals surface area contributed by atoms with Crippen molar-refractivity contribution < 1.29 is 10.2 Å². The summed E-state index contributed by atoms with van der Waals surface area (Å²) in [5.74, 6) is 0.330. The maximum atomic E-state index is 14.2. The van der Waals surface area contributed by atoms with Gasteiger partial charge in [-0.25, -0.2) is 0 Å². The Morgan fingerprint density at radius 1 is 0.386 bits per heavy atom. The van der Waals surface area contributed by atoms with Crippen molar-refractivity contribution in [1.82, 2.24) is 14.7 Å². The second-order valence-corrected chi connectivity index (χ2v) is 23.8. The lowest BCUT2D eigenvalue weighted by Gasteiger charge is -2.35. The highest BCUT2D eigenvalue weighted by atomic mass is 32.1. The van der Waals surface area contributed by atoms with Gasteiger partial charge in [0.15, 0.2) is 0 Å². The number of hydrogen-bond donors (Lipinski definition) is 0. The van der Waals surface area contributed by atoms with Crippen LogP contribution in [0.3, 0.4) is 0 Å². The Morgan fingerprint density at radius 2 is 0.632 bits per heavy atom. The van der Waals surface area contributed by atoms with Crippen molar-refractivity contribution in [1.29, 1.82) is 0 Å². The molecule has 5 nitrogen and oxygen atoms in total. The van der Waals surface area contributed by atoms with Crippen molar-refractivity contribution in [3.8, 4) is 11.5 Å². The molecule has 4 rings (SSSR count). The molecule has 1 saturated heterocycles. The summed E-state index contributed by atoms with van der Waals surface area (Å²) in [6.07, 6.45) is 0. The Hall–Kier alpha value is -2.64. The first-order chi connectivity index (χ1) is 25.8. The number of hydrogen-bond acceptors (Lipinski definition) is 6. The molecule has 0 N–H and O–H groups in total. The van der Waals surface area contributed by atoms with Crippen molar-refractivity contribution in [2.45, 2.75) is 182 Å². The van der Waals surface area contributed by atoms with Gasteiger partial charge in [-0.15, -0.1) is 11.5 Å². The Labute approximate surface area is 355 Å². The highest BCUT2D eigenvalue weighted by Gasteiger charge is 2.27. The maximum absolute atomic E-state index is 14.2. The molecule has 0 unspecified atom stereocenters. The largest absolute Gasteiger partial charge is 0.872 e. The van der Waals surface area contributed by atoms with E-state index in [0.29, 0.717) is 13.1 Å². The average Bonchev–Trinajstić information content (AvgIpc) is 3.11. The lowest BCUT2D eigenvalue weighted by atomic mass is 9.79. The summed E-state index contributed by atoms with van der Waals surface area (Å²) in [4.78, 5) is 8.49. The van der Waals surface area contributed by atoms with Gasteiger partial charge < -0.3 is 22.8 Å². The topological polar surface area (TPSA) is 55.8 Å². The zero-order valence-electron chi connectivity index (χ0n) is 39.4. The van der Waals surface area contributed by atoms with Gasteiger partial charge in [0, 0.05) is 58.9 Å². The highest BCUT2D eigenvalue weighted by Crippen LogP contribution is 2.39. The van der Waals surface area contributed by atoms with Crippen LogP contribution in [0.1, 0.15) is 175 Å². The van der Waals surface area contributed by atoms with E-state index in [4.69, 9.17) is 12.6 Å². The summed E-state index contributed by atoms with van der Waals surface area (Å²) in [5, 5.41) is 28.5. The third kappa shape index (κ3) is 12.0. The van der Waals surface area contributed by atoms with Crippen molar-refractivity contribution in [3.05, 3.63) is 86.5 Å². The third-order valence-electron chi connectivity index (χ3n) is 11.9. The smallest absolute Gasteiger partial charge is 0.0228 e. The molecule has 0 aromatic heterocycles. The van der Waals surface area contributed by atoms with Crippen LogP contribution in [0.4, 0.5) is 0 Å². The van der Waals surface area contributed by atoms with Crippen LogP contribution in [0.2, 0.25) is 0 Å². The van der Waals surface area contributed by atoms with Gasteiger partial charge in [0.1, 0.15) is 0 Å². The molecule has 1 fully saturated rings. The van der Waals surface area contributed by atoms with Crippen LogP contribution in [0, 0.1) is 0 Å². The fourth-order valence-corrected chi connectivity index (χ4v) is 8.26. The average molecular weight is 797 g/mol. The second kappa shape index (κ2) is 16.8. The standard InChI is InChI=1S/C51H81N3O2S/c1-46(2,3)37-25-34(43(55)40(28-37)49(10,11)12)31-52-19-20-53(32-35-26-38(47(4,5)6)29-41(44(35)56)50(13,14)15)22-24-54(23-21-52)33-36-27-39(48(7,8)9)30-42(45(36)57)51(16,17)18/h25-30,55-57H,19-24,31-33H2,1-18H3/p-3. The summed E-state index contributed by atoms with van der Waals surface area (Å²) < 4.78 is 0. The van der Waals surface area contributed by atoms with E-state index < -0.39 is 0 Å². The minimum absolute atomic E-state index is 0.00773. The van der Waals surface area contributed by atoms with Gasteiger partial charge in [0.2, 0.25) is 0 Å². The lowest BCUT2D eigenvalue weighted by Crippen LogP contribution is -2.36. The number of rotatable bonds is 6. The molecule has 6 heteroatoms. The van der Waals surface area contributed by atoms with Gasteiger partial charge >= 0.3 is 0 Å². The SMILES string of the molecule is CC(C)(C)c1cc(CN2CCN(Cc3cc(C(C)(C)C)cc(C(C)(C)C)c3[O-])CCN(Cc3cc(C(C)(C)C)cc(C(C)(C)C)c3[S-])CC2)c([O-])c(C(C)(C)C)c1. The van der Waals surface area contributed by atoms with Gasteiger partial charge in [-0.05, 0) is 71.4 Å². The van der Waals surface area contributed by atoms with Gasteiger partial charge in [0.25, 0.3) is 0 Å². The van der Waals surface area contributed by atoms with E-state index in [1.807, 2.05) is 0 Å². The zero-order valence-corrected chi connectivity index (χ0v) is 40.2. The predicted octanol–water partition coefficient (Wildman–Crippen LogP) is 10.3. The first-order valence-electron chi connectivity index (χ1n) is 21.5. The summed E-state index contributed by atoms with van der Waals surface area (Å²) in [7, 11) is 0. The van der Waals surface area contributed by atoms with Crippen LogP contribution in [-0.2, 0) is 64.8 Å². The van der Waals surface area contributed by atoms with Crippen molar-refractivity contribution in [2.24, 2.45) is 0 Å². The van der Waals surface area contributed by atoms with E-state index in [9.17, 15) is 10.2 Å². The molecule has 3 aromatic rings. The first kappa shape index (κ1) is 47.0. The van der Waals surface area contributed by atoms with Crippen LogP contribution in [0.25, 0.3) is 0 Å². The van der Waals surface area contributed by atoms with Crippen molar-refractivity contribution in [3.63, 3.8) is 0 Å². The van der Waals surface area contributed by atoms with E-state index >= 15 is 0 Å². The molecule has 1 aliphatic rings. The summed E-state index contributed by atoms with van der Waals surface area (Å²) in [6.45, 7) is 46.8. The van der Waals surface area contributed by atoms with Gasteiger partial charge in [-0.2, -0.15) is 4.90 Å². The van der Waals surface area contributed by atoms with Gasteiger partial charge in [0.05, 0.1) is 0 Å². The van der Waals surface area contributed by atoms with Crippen LogP contribution >= 0.6 is 0 Å². The van der Waals surface area contributed by atoms with Gasteiger partial charge in [-0.1, -0.05) is 172 Å². The minimum atomic E-state index is -0.257. The molecule has 0 radical (unpaired) electrons. The number of benzene rings is 3. The predicted molar refractivity (Wildman–Crippen MR) is 242 cm³/mol. The third-order valence-corrected chi connectivity index (χ3v) is 12.4. The van der Waals surface area contributed by atoms with Crippen LogP contribution in [0.5, 0.6) is 11.5 Å². The normalized spacial score (nSPS) is 16.7. The Kier molecular flexibility index (Phi) is 13.9. The van der Waals surface area contributed by atoms with E-state index in [-0.39, 0.29) is 44.0 Å². The second-order valence-electron chi connectivity index (χ2n) is 23.4. The molecule has 0 atom stereocenters. The van der Waals surface area contributed by atoms with Crippen LogP contribution < -0.4 is 10.2 Å². The van der Waals surface area contributed by atoms with E-state index in [1.54, 1.807) is 0 Å². The van der Waals surface area contributed by atoms with Crippen LogP contribution in [0.15, 0.2) is 41.3 Å². The molecule has 3 aromatic carbocycles.